The average molecular weight is 336 g/mol. The molecule has 0 aliphatic carbocycles. The van der Waals surface area contributed by atoms with E-state index in [4.69, 9.17) is 9.47 Å². The summed E-state index contributed by atoms with van der Waals surface area (Å²) in [5.74, 6) is 0.745. The molecule has 1 aliphatic heterocycles. The van der Waals surface area contributed by atoms with E-state index < -0.39 is 0 Å². The molecule has 0 radical (unpaired) electrons. The van der Waals surface area contributed by atoms with Crippen molar-refractivity contribution in [3.8, 4) is 0 Å². The number of nitrogens with one attached hydrogen (secondary N) is 2. The van der Waals surface area contributed by atoms with Crippen LogP contribution in [0.3, 0.4) is 0 Å². The summed E-state index contributed by atoms with van der Waals surface area (Å²) in [5.41, 5.74) is 1.16. The molecule has 124 valence electrons. The standard InChI is InChI=1S/C16H20N2O4S/c1-21-8-2-7-17-15(19)12-3-5-13(6-4-12)18-16(20)14-11-23-10-9-22-14/h3-6,11H,2,7-10H2,1H3,(H,17,19)(H,18,20). The number of benzene rings is 1. The summed E-state index contributed by atoms with van der Waals surface area (Å²) in [4.78, 5) is 23.9. The van der Waals surface area contributed by atoms with Crippen molar-refractivity contribution in [2.24, 2.45) is 0 Å². The first-order chi connectivity index (χ1) is 11.2. The lowest BCUT2D eigenvalue weighted by Crippen LogP contribution is -2.25. The van der Waals surface area contributed by atoms with E-state index in [1.165, 1.54) is 0 Å². The van der Waals surface area contributed by atoms with E-state index in [0.717, 1.165) is 12.2 Å². The van der Waals surface area contributed by atoms with Gasteiger partial charge in [-0.25, -0.2) is 0 Å². The van der Waals surface area contributed by atoms with E-state index in [9.17, 15) is 9.59 Å². The summed E-state index contributed by atoms with van der Waals surface area (Å²) in [6.07, 6.45) is 0.767. The fraction of sp³-hybridized carbons (Fsp3) is 0.375. The Morgan fingerprint density at radius 3 is 2.70 bits per heavy atom. The van der Waals surface area contributed by atoms with Gasteiger partial charge in [0.05, 0.1) is 6.61 Å². The van der Waals surface area contributed by atoms with Crippen molar-refractivity contribution in [2.45, 2.75) is 6.42 Å². The van der Waals surface area contributed by atoms with E-state index in [2.05, 4.69) is 10.6 Å². The second kappa shape index (κ2) is 9.22. The van der Waals surface area contributed by atoms with Crippen molar-refractivity contribution in [1.29, 1.82) is 0 Å². The van der Waals surface area contributed by atoms with Gasteiger partial charge in [-0.2, -0.15) is 0 Å². The van der Waals surface area contributed by atoms with Gasteiger partial charge in [0, 0.05) is 42.7 Å². The third kappa shape index (κ3) is 5.61. The van der Waals surface area contributed by atoms with Gasteiger partial charge < -0.3 is 20.1 Å². The molecule has 1 heterocycles. The van der Waals surface area contributed by atoms with E-state index in [0.29, 0.717) is 36.8 Å². The highest BCUT2D eigenvalue weighted by atomic mass is 32.2. The smallest absolute Gasteiger partial charge is 0.291 e. The molecule has 1 aromatic carbocycles. The van der Waals surface area contributed by atoms with Crippen LogP contribution in [0.5, 0.6) is 0 Å². The van der Waals surface area contributed by atoms with Crippen LogP contribution in [-0.4, -0.2) is 44.4 Å². The Balaban J connectivity index is 1.85. The summed E-state index contributed by atoms with van der Waals surface area (Å²) in [6, 6.07) is 6.73. The molecular weight excluding hydrogens is 316 g/mol. The van der Waals surface area contributed by atoms with E-state index in [1.54, 1.807) is 48.5 Å². The maximum absolute atomic E-state index is 12.0. The molecule has 0 saturated heterocycles. The summed E-state index contributed by atoms with van der Waals surface area (Å²) in [5, 5.41) is 7.26. The summed E-state index contributed by atoms with van der Waals surface area (Å²) >= 11 is 1.55. The zero-order valence-electron chi connectivity index (χ0n) is 13.0. The molecule has 2 N–H and O–H groups in total. The van der Waals surface area contributed by atoms with Gasteiger partial charge in [0.1, 0.15) is 0 Å². The number of anilines is 1. The Morgan fingerprint density at radius 1 is 1.26 bits per heavy atom. The number of carbonyl (C=O) groups excluding carboxylic acids is 2. The van der Waals surface area contributed by atoms with Crippen molar-refractivity contribution >= 4 is 29.3 Å². The predicted molar refractivity (Wildman–Crippen MR) is 90.4 cm³/mol. The third-order valence-electron chi connectivity index (χ3n) is 3.09. The molecule has 0 aromatic heterocycles. The molecule has 23 heavy (non-hydrogen) atoms. The molecule has 0 bridgehead atoms. The Morgan fingerprint density at radius 2 is 2.04 bits per heavy atom. The van der Waals surface area contributed by atoms with Crippen molar-refractivity contribution in [3.05, 3.63) is 41.0 Å². The van der Waals surface area contributed by atoms with Crippen molar-refractivity contribution < 1.29 is 19.1 Å². The minimum atomic E-state index is -0.283. The van der Waals surface area contributed by atoms with Crippen LogP contribution in [0.1, 0.15) is 16.8 Å². The predicted octanol–water partition coefficient (Wildman–Crippen LogP) is 2.00. The van der Waals surface area contributed by atoms with Crippen LogP contribution in [0, 0.1) is 0 Å². The van der Waals surface area contributed by atoms with Crippen LogP contribution in [0.15, 0.2) is 35.4 Å². The summed E-state index contributed by atoms with van der Waals surface area (Å²) < 4.78 is 10.2. The first kappa shape index (κ1) is 17.4. The van der Waals surface area contributed by atoms with Crippen LogP contribution in [0.2, 0.25) is 0 Å². The summed E-state index contributed by atoms with van der Waals surface area (Å²) in [6.45, 7) is 1.71. The minimum absolute atomic E-state index is 0.145. The number of methoxy groups -OCH3 is 1. The monoisotopic (exact) mass is 336 g/mol. The minimum Gasteiger partial charge on any atom is -0.487 e. The average Bonchev–Trinajstić information content (AvgIpc) is 2.60. The normalized spacial score (nSPS) is 13.7. The molecule has 7 heteroatoms. The van der Waals surface area contributed by atoms with Crippen LogP contribution in [0.25, 0.3) is 0 Å². The maximum Gasteiger partial charge on any atom is 0.291 e. The molecule has 1 aliphatic rings. The van der Waals surface area contributed by atoms with E-state index in [-0.39, 0.29) is 11.8 Å². The Bertz CT molecular complexity index is 572. The molecule has 2 rings (SSSR count). The van der Waals surface area contributed by atoms with Gasteiger partial charge in [-0.3, -0.25) is 9.59 Å². The van der Waals surface area contributed by atoms with Crippen molar-refractivity contribution in [1.82, 2.24) is 5.32 Å². The fourth-order valence-corrected chi connectivity index (χ4v) is 2.53. The lowest BCUT2D eigenvalue weighted by Gasteiger charge is -2.14. The van der Waals surface area contributed by atoms with E-state index in [1.807, 2.05) is 0 Å². The number of amides is 2. The van der Waals surface area contributed by atoms with Gasteiger partial charge in [-0.15, -0.1) is 11.8 Å². The topological polar surface area (TPSA) is 76.7 Å². The Hall–Kier alpha value is -1.99. The number of carbonyl (C=O) groups is 2. The molecule has 0 spiro atoms. The number of hydrogen-bond donors (Lipinski definition) is 2. The zero-order valence-corrected chi connectivity index (χ0v) is 13.8. The molecule has 0 saturated carbocycles. The second-order valence-corrected chi connectivity index (χ2v) is 5.81. The largest absolute Gasteiger partial charge is 0.487 e. The quantitative estimate of drug-likeness (QED) is 0.745. The lowest BCUT2D eigenvalue weighted by molar-refractivity contribution is -0.116. The van der Waals surface area contributed by atoms with E-state index >= 15 is 0 Å². The Kier molecular flexibility index (Phi) is 6.96. The van der Waals surface area contributed by atoms with Crippen LogP contribution < -0.4 is 10.6 Å². The first-order valence-corrected chi connectivity index (χ1v) is 8.38. The third-order valence-corrected chi connectivity index (χ3v) is 3.87. The van der Waals surface area contributed by atoms with Gasteiger partial charge in [-0.05, 0) is 30.7 Å². The fourth-order valence-electron chi connectivity index (χ4n) is 1.91. The van der Waals surface area contributed by atoms with Crippen LogP contribution >= 0.6 is 11.8 Å². The zero-order chi connectivity index (χ0) is 16.5. The Labute approximate surface area is 139 Å². The highest BCUT2D eigenvalue weighted by Gasteiger charge is 2.14. The maximum atomic E-state index is 12.0. The van der Waals surface area contributed by atoms with Crippen molar-refractivity contribution in [2.75, 3.05) is 37.9 Å². The van der Waals surface area contributed by atoms with Gasteiger partial charge >= 0.3 is 0 Å². The molecule has 0 fully saturated rings. The highest BCUT2D eigenvalue weighted by molar-refractivity contribution is 8.02. The van der Waals surface area contributed by atoms with Crippen molar-refractivity contribution in [3.63, 3.8) is 0 Å². The summed E-state index contributed by atoms with van der Waals surface area (Å²) in [7, 11) is 1.63. The van der Waals surface area contributed by atoms with Gasteiger partial charge in [-0.1, -0.05) is 0 Å². The second-order valence-electron chi connectivity index (χ2n) is 4.84. The van der Waals surface area contributed by atoms with Crippen LogP contribution in [0.4, 0.5) is 5.69 Å². The molecule has 0 unspecified atom stereocenters. The molecule has 0 atom stereocenters. The molecule has 1 aromatic rings. The number of hydrogen-bond acceptors (Lipinski definition) is 5. The number of thioether (sulfide) groups is 1. The number of ether oxygens (including phenoxy) is 2. The van der Waals surface area contributed by atoms with Gasteiger partial charge in [0.15, 0.2) is 5.76 Å². The first-order valence-electron chi connectivity index (χ1n) is 7.34. The highest BCUT2D eigenvalue weighted by Crippen LogP contribution is 2.17. The lowest BCUT2D eigenvalue weighted by atomic mass is 10.2. The SMILES string of the molecule is COCCCNC(=O)c1ccc(NC(=O)C2=CSCCO2)cc1. The number of rotatable bonds is 7. The van der Waals surface area contributed by atoms with Crippen LogP contribution in [-0.2, 0) is 14.3 Å². The van der Waals surface area contributed by atoms with Gasteiger partial charge in [0.2, 0.25) is 0 Å². The van der Waals surface area contributed by atoms with Gasteiger partial charge in [0.25, 0.3) is 11.8 Å². The molecular formula is C16H20N2O4S. The molecule has 2 amide bonds. The molecule has 6 nitrogen and oxygen atoms in total.